The van der Waals surface area contributed by atoms with Crippen molar-refractivity contribution < 1.29 is 4.74 Å². The van der Waals surface area contributed by atoms with Gasteiger partial charge in [0.1, 0.15) is 0 Å². The van der Waals surface area contributed by atoms with Crippen molar-refractivity contribution >= 4 is 0 Å². The zero-order valence-electron chi connectivity index (χ0n) is 12.9. The molecule has 0 aromatic heterocycles. The summed E-state index contributed by atoms with van der Waals surface area (Å²) in [4.78, 5) is 2.71. The zero-order valence-corrected chi connectivity index (χ0v) is 12.9. The van der Waals surface area contributed by atoms with Gasteiger partial charge in [0.05, 0.1) is 6.61 Å². The lowest BCUT2D eigenvalue weighted by Crippen LogP contribution is -2.46. The van der Waals surface area contributed by atoms with E-state index in [9.17, 15) is 0 Å². The first-order valence-corrected chi connectivity index (χ1v) is 8.29. The molecule has 1 heterocycles. The van der Waals surface area contributed by atoms with Gasteiger partial charge in [-0.3, -0.25) is 4.90 Å². The third kappa shape index (κ3) is 4.73. The van der Waals surface area contributed by atoms with Crippen LogP contribution in [0, 0.1) is 5.92 Å². The number of rotatable bonds is 7. The molecule has 0 radical (unpaired) electrons. The minimum absolute atomic E-state index is 0.723. The van der Waals surface area contributed by atoms with Gasteiger partial charge >= 0.3 is 0 Å². The molecule has 0 aromatic rings. The van der Waals surface area contributed by atoms with Crippen LogP contribution in [0.2, 0.25) is 0 Å². The van der Waals surface area contributed by atoms with Gasteiger partial charge in [-0.05, 0) is 51.0 Å². The van der Waals surface area contributed by atoms with Crippen molar-refractivity contribution in [2.24, 2.45) is 5.92 Å². The molecule has 1 saturated heterocycles. The third-order valence-corrected chi connectivity index (χ3v) is 5.11. The molecule has 1 atom stereocenters. The van der Waals surface area contributed by atoms with Crippen LogP contribution >= 0.6 is 0 Å². The van der Waals surface area contributed by atoms with Crippen molar-refractivity contribution in [3.05, 3.63) is 0 Å². The Morgan fingerprint density at radius 3 is 2.53 bits per heavy atom. The second kappa shape index (κ2) is 8.23. The van der Waals surface area contributed by atoms with E-state index < -0.39 is 0 Å². The number of ether oxygens (including phenoxy) is 1. The third-order valence-electron chi connectivity index (χ3n) is 5.11. The summed E-state index contributed by atoms with van der Waals surface area (Å²) in [5.41, 5.74) is 0. The Kier molecular flexibility index (Phi) is 6.62. The lowest BCUT2D eigenvalue weighted by atomic mass is 9.84. The standard InChI is InChI=1S/C16H32N2O/c1-3-14-6-8-16(9-7-14)18(11-12-19-2)13-15-5-4-10-17-15/h14-17H,3-13H2,1-2H3. The van der Waals surface area contributed by atoms with Crippen LogP contribution in [0.1, 0.15) is 51.9 Å². The highest BCUT2D eigenvalue weighted by Gasteiger charge is 2.27. The van der Waals surface area contributed by atoms with Crippen molar-refractivity contribution in [2.45, 2.75) is 64.0 Å². The van der Waals surface area contributed by atoms with Crippen molar-refractivity contribution in [3.8, 4) is 0 Å². The fourth-order valence-electron chi connectivity index (χ4n) is 3.75. The molecule has 2 aliphatic rings. The van der Waals surface area contributed by atoms with E-state index in [1.54, 1.807) is 0 Å². The number of nitrogens with one attached hydrogen (secondary N) is 1. The summed E-state index contributed by atoms with van der Waals surface area (Å²) in [6.45, 7) is 6.77. The molecule has 0 amide bonds. The predicted octanol–water partition coefficient (Wildman–Crippen LogP) is 2.66. The van der Waals surface area contributed by atoms with E-state index in [1.807, 2.05) is 7.11 Å². The van der Waals surface area contributed by atoms with E-state index >= 15 is 0 Å². The largest absolute Gasteiger partial charge is 0.383 e. The van der Waals surface area contributed by atoms with Crippen LogP contribution in [0.4, 0.5) is 0 Å². The van der Waals surface area contributed by atoms with Crippen molar-refractivity contribution in [2.75, 3.05) is 33.4 Å². The van der Waals surface area contributed by atoms with E-state index in [2.05, 4.69) is 17.1 Å². The number of hydrogen-bond donors (Lipinski definition) is 1. The first kappa shape index (κ1) is 15.3. The van der Waals surface area contributed by atoms with E-state index in [0.29, 0.717) is 0 Å². The Hall–Kier alpha value is -0.120. The molecule has 3 nitrogen and oxygen atoms in total. The van der Waals surface area contributed by atoms with Gasteiger partial charge in [0.15, 0.2) is 0 Å². The van der Waals surface area contributed by atoms with E-state index in [1.165, 1.54) is 58.0 Å². The van der Waals surface area contributed by atoms with Gasteiger partial charge in [-0.25, -0.2) is 0 Å². The summed E-state index contributed by atoms with van der Waals surface area (Å²) in [6.07, 6.45) is 9.74. The lowest BCUT2D eigenvalue weighted by Gasteiger charge is -2.38. The smallest absolute Gasteiger partial charge is 0.0589 e. The van der Waals surface area contributed by atoms with Gasteiger partial charge in [-0.1, -0.05) is 13.3 Å². The molecule has 1 unspecified atom stereocenters. The van der Waals surface area contributed by atoms with Crippen LogP contribution in [-0.4, -0.2) is 50.3 Å². The molecule has 1 aliphatic heterocycles. The van der Waals surface area contributed by atoms with E-state index in [-0.39, 0.29) is 0 Å². The predicted molar refractivity (Wildman–Crippen MR) is 80.5 cm³/mol. The molecule has 3 heteroatoms. The summed E-state index contributed by atoms with van der Waals surface area (Å²) in [7, 11) is 1.82. The fraction of sp³-hybridized carbons (Fsp3) is 1.00. The molecule has 2 fully saturated rings. The molecule has 112 valence electrons. The Labute approximate surface area is 119 Å². The molecule has 1 aliphatic carbocycles. The van der Waals surface area contributed by atoms with Gasteiger partial charge in [0.2, 0.25) is 0 Å². The van der Waals surface area contributed by atoms with Crippen LogP contribution in [0.5, 0.6) is 0 Å². The van der Waals surface area contributed by atoms with E-state index in [0.717, 1.165) is 31.2 Å². The highest BCUT2D eigenvalue weighted by atomic mass is 16.5. The molecule has 0 bridgehead atoms. The molecule has 0 spiro atoms. The maximum atomic E-state index is 5.31. The topological polar surface area (TPSA) is 24.5 Å². The van der Waals surface area contributed by atoms with Crippen LogP contribution in [0.25, 0.3) is 0 Å². The first-order chi connectivity index (χ1) is 9.33. The number of nitrogens with zero attached hydrogens (tertiary/aromatic N) is 1. The molecular weight excluding hydrogens is 236 g/mol. The van der Waals surface area contributed by atoms with Gasteiger partial charge in [0, 0.05) is 32.3 Å². The Morgan fingerprint density at radius 2 is 1.95 bits per heavy atom. The Bertz CT molecular complexity index is 233. The average Bonchev–Trinajstić information content (AvgIpc) is 2.96. The van der Waals surface area contributed by atoms with Crippen LogP contribution in [0.15, 0.2) is 0 Å². The molecular formula is C16H32N2O. The second-order valence-electron chi connectivity index (χ2n) is 6.36. The normalized spacial score (nSPS) is 32.1. The number of methoxy groups -OCH3 is 1. The minimum Gasteiger partial charge on any atom is -0.383 e. The Balaban J connectivity index is 1.81. The van der Waals surface area contributed by atoms with Crippen molar-refractivity contribution in [1.82, 2.24) is 10.2 Å². The quantitative estimate of drug-likeness (QED) is 0.768. The highest BCUT2D eigenvalue weighted by molar-refractivity contribution is 4.84. The average molecular weight is 268 g/mol. The maximum Gasteiger partial charge on any atom is 0.0589 e. The van der Waals surface area contributed by atoms with E-state index in [4.69, 9.17) is 4.74 Å². The monoisotopic (exact) mass is 268 g/mol. The summed E-state index contributed by atoms with van der Waals surface area (Å²) in [5, 5.41) is 3.64. The van der Waals surface area contributed by atoms with Gasteiger partial charge in [-0.15, -0.1) is 0 Å². The maximum absolute atomic E-state index is 5.31. The van der Waals surface area contributed by atoms with Crippen LogP contribution in [-0.2, 0) is 4.74 Å². The van der Waals surface area contributed by atoms with Gasteiger partial charge < -0.3 is 10.1 Å². The first-order valence-electron chi connectivity index (χ1n) is 8.29. The van der Waals surface area contributed by atoms with Crippen LogP contribution in [0.3, 0.4) is 0 Å². The minimum atomic E-state index is 0.723. The summed E-state index contributed by atoms with van der Waals surface area (Å²) in [5.74, 6) is 0.991. The van der Waals surface area contributed by atoms with Crippen LogP contribution < -0.4 is 5.32 Å². The molecule has 2 rings (SSSR count). The molecule has 1 saturated carbocycles. The lowest BCUT2D eigenvalue weighted by molar-refractivity contribution is 0.0858. The van der Waals surface area contributed by atoms with Crippen molar-refractivity contribution in [1.29, 1.82) is 0 Å². The second-order valence-corrected chi connectivity index (χ2v) is 6.36. The summed E-state index contributed by atoms with van der Waals surface area (Å²) < 4.78 is 5.31. The van der Waals surface area contributed by atoms with Crippen molar-refractivity contribution in [3.63, 3.8) is 0 Å². The number of hydrogen-bond acceptors (Lipinski definition) is 3. The summed E-state index contributed by atoms with van der Waals surface area (Å²) >= 11 is 0. The fourth-order valence-corrected chi connectivity index (χ4v) is 3.75. The molecule has 0 aromatic carbocycles. The van der Waals surface area contributed by atoms with Gasteiger partial charge in [0.25, 0.3) is 0 Å². The molecule has 19 heavy (non-hydrogen) atoms. The summed E-state index contributed by atoms with van der Waals surface area (Å²) in [6, 6.07) is 1.53. The molecule has 1 N–H and O–H groups in total. The van der Waals surface area contributed by atoms with Gasteiger partial charge in [-0.2, -0.15) is 0 Å². The zero-order chi connectivity index (χ0) is 13.5. The Morgan fingerprint density at radius 1 is 1.16 bits per heavy atom. The SMILES string of the molecule is CCC1CCC(N(CCOC)CC2CCCN2)CC1. The highest BCUT2D eigenvalue weighted by Crippen LogP contribution is 2.29.